The Bertz CT molecular complexity index is 560. The van der Waals surface area contributed by atoms with Crippen molar-refractivity contribution in [2.24, 2.45) is 5.73 Å². The average molecular weight is 207 g/mol. The van der Waals surface area contributed by atoms with Gasteiger partial charge in [-0.2, -0.15) is 0 Å². The summed E-state index contributed by atoms with van der Waals surface area (Å²) in [6, 6.07) is 3.82. The number of benzene rings is 1. The van der Waals surface area contributed by atoms with E-state index in [-0.39, 0.29) is 17.0 Å². The third-order valence-electron chi connectivity index (χ3n) is 1.90. The minimum Gasteiger partial charge on any atom is -0.364 e. The van der Waals surface area contributed by atoms with E-state index in [0.717, 1.165) is 0 Å². The standard InChI is InChI=1S/C8H5N3O4/c9-8(12)7-5-2-1-4(11(13)14)3-6(5)15-10-7/h1-3H,(H2,9,12). The van der Waals surface area contributed by atoms with Gasteiger partial charge in [0, 0.05) is 6.07 Å². The quantitative estimate of drug-likeness (QED) is 0.578. The van der Waals surface area contributed by atoms with Crippen LogP contribution in [-0.4, -0.2) is 16.0 Å². The van der Waals surface area contributed by atoms with Gasteiger partial charge in [-0.3, -0.25) is 14.9 Å². The molecule has 0 saturated heterocycles. The van der Waals surface area contributed by atoms with Crippen LogP contribution in [-0.2, 0) is 0 Å². The van der Waals surface area contributed by atoms with E-state index in [1.54, 1.807) is 0 Å². The number of non-ortho nitro benzene ring substituents is 1. The molecule has 76 valence electrons. The van der Waals surface area contributed by atoms with Crippen molar-refractivity contribution in [3.8, 4) is 0 Å². The van der Waals surface area contributed by atoms with E-state index in [1.165, 1.54) is 18.2 Å². The number of fused-ring (bicyclic) bond motifs is 1. The molecule has 7 nitrogen and oxygen atoms in total. The number of hydrogen-bond acceptors (Lipinski definition) is 5. The minimum atomic E-state index is -0.734. The molecule has 0 spiro atoms. The van der Waals surface area contributed by atoms with Gasteiger partial charge in [0.1, 0.15) is 0 Å². The number of hydrogen-bond donors (Lipinski definition) is 1. The largest absolute Gasteiger partial charge is 0.364 e. The van der Waals surface area contributed by atoms with E-state index in [0.29, 0.717) is 5.39 Å². The van der Waals surface area contributed by atoms with E-state index in [4.69, 9.17) is 10.3 Å². The van der Waals surface area contributed by atoms with E-state index < -0.39 is 10.8 Å². The monoisotopic (exact) mass is 207 g/mol. The van der Waals surface area contributed by atoms with Crippen molar-refractivity contribution in [2.45, 2.75) is 0 Å². The Hall–Kier alpha value is -2.44. The van der Waals surface area contributed by atoms with Gasteiger partial charge in [0.25, 0.3) is 11.6 Å². The first kappa shape index (κ1) is 9.13. The molecule has 0 aliphatic rings. The number of nitrogens with two attached hydrogens (primary N) is 1. The molecular weight excluding hydrogens is 202 g/mol. The number of nitro benzene ring substituents is 1. The molecule has 0 unspecified atom stereocenters. The zero-order valence-electron chi connectivity index (χ0n) is 7.34. The lowest BCUT2D eigenvalue weighted by molar-refractivity contribution is -0.384. The van der Waals surface area contributed by atoms with Crippen LogP contribution >= 0.6 is 0 Å². The molecule has 1 heterocycles. The predicted octanol–water partition coefficient (Wildman–Crippen LogP) is 0.835. The number of carbonyl (C=O) groups is 1. The van der Waals surface area contributed by atoms with Crippen LogP contribution in [0.4, 0.5) is 5.69 Å². The summed E-state index contributed by atoms with van der Waals surface area (Å²) >= 11 is 0. The van der Waals surface area contributed by atoms with Gasteiger partial charge in [0.2, 0.25) is 0 Å². The molecule has 7 heteroatoms. The number of aromatic nitrogens is 1. The zero-order chi connectivity index (χ0) is 11.0. The lowest BCUT2D eigenvalue weighted by Gasteiger charge is -1.90. The fourth-order valence-electron chi connectivity index (χ4n) is 1.22. The van der Waals surface area contributed by atoms with Crippen LogP contribution < -0.4 is 5.73 Å². The Labute approximate surface area is 82.6 Å². The molecule has 2 rings (SSSR count). The Kier molecular flexibility index (Phi) is 1.86. The topological polar surface area (TPSA) is 112 Å². The third-order valence-corrected chi connectivity index (χ3v) is 1.90. The summed E-state index contributed by atoms with van der Waals surface area (Å²) in [4.78, 5) is 20.7. The summed E-state index contributed by atoms with van der Waals surface area (Å²) < 4.78 is 4.75. The van der Waals surface area contributed by atoms with Crippen LogP contribution in [0.5, 0.6) is 0 Å². The maximum atomic E-state index is 10.9. The first-order valence-electron chi connectivity index (χ1n) is 3.93. The van der Waals surface area contributed by atoms with Gasteiger partial charge in [-0.25, -0.2) is 0 Å². The molecule has 1 aromatic carbocycles. The molecule has 1 aromatic heterocycles. The second-order valence-corrected chi connectivity index (χ2v) is 2.83. The third kappa shape index (κ3) is 1.39. The average Bonchev–Trinajstić information content (AvgIpc) is 2.59. The molecule has 0 radical (unpaired) electrons. The van der Waals surface area contributed by atoms with Crippen LogP contribution in [0.3, 0.4) is 0 Å². The molecule has 15 heavy (non-hydrogen) atoms. The molecule has 2 aromatic rings. The van der Waals surface area contributed by atoms with Crippen molar-refractivity contribution >= 4 is 22.6 Å². The summed E-state index contributed by atoms with van der Waals surface area (Å²) in [7, 11) is 0. The molecular formula is C8H5N3O4. The van der Waals surface area contributed by atoms with Crippen LogP contribution in [0, 0.1) is 10.1 Å². The van der Waals surface area contributed by atoms with Gasteiger partial charge < -0.3 is 10.3 Å². The maximum absolute atomic E-state index is 10.9. The van der Waals surface area contributed by atoms with Gasteiger partial charge in [-0.1, -0.05) is 5.16 Å². The molecule has 0 bridgehead atoms. The van der Waals surface area contributed by atoms with Crippen LogP contribution in [0.2, 0.25) is 0 Å². The van der Waals surface area contributed by atoms with Crippen molar-refractivity contribution in [3.05, 3.63) is 34.0 Å². The van der Waals surface area contributed by atoms with Crippen LogP contribution in [0.1, 0.15) is 10.5 Å². The van der Waals surface area contributed by atoms with Crippen LogP contribution in [0.25, 0.3) is 11.0 Å². The summed E-state index contributed by atoms with van der Waals surface area (Å²) in [5.41, 5.74) is 5.03. The summed E-state index contributed by atoms with van der Waals surface area (Å²) in [5, 5.41) is 14.2. The van der Waals surface area contributed by atoms with Gasteiger partial charge in [0.15, 0.2) is 11.3 Å². The summed E-state index contributed by atoms with van der Waals surface area (Å²) in [5.74, 6) is -0.734. The molecule has 0 aliphatic heterocycles. The summed E-state index contributed by atoms with van der Waals surface area (Å²) in [6.45, 7) is 0. The fraction of sp³-hybridized carbons (Fsp3) is 0. The van der Waals surface area contributed by atoms with Crippen molar-refractivity contribution < 1.29 is 14.2 Å². The van der Waals surface area contributed by atoms with Gasteiger partial charge >= 0.3 is 0 Å². The molecule has 2 N–H and O–H groups in total. The number of carbonyl (C=O) groups excluding carboxylic acids is 1. The highest BCUT2D eigenvalue weighted by Gasteiger charge is 2.16. The predicted molar refractivity (Wildman–Crippen MR) is 49.2 cm³/mol. The second kappa shape index (κ2) is 3.05. The van der Waals surface area contributed by atoms with Crippen LogP contribution in [0.15, 0.2) is 22.7 Å². The smallest absolute Gasteiger partial charge is 0.273 e. The Balaban J connectivity index is 2.66. The molecule has 0 saturated carbocycles. The van der Waals surface area contributed by atoms with Crippen molar-refractivity contribution in [1.29, 1.82) is 0 Å². The van der Waals surface area contributed by atoms with Gasteiger partial charge in [-0.15, -0.1) is 0 Å². The van der Waals surface area contributed by atoms with Gasteiger partial charge in [-0.05, 0) is 6.07 Å². The number of amides is 1. The van der Waals surface area contributed by atoms with E-state index >= 15 is 0 Å². The Morgan fingerprint density at radius 3 is 2.87 bits per heavy atom. The van der Waals surface area contributed by atoms with E-state index in [2.05, 4.69) is 5.16 Å². The first-order valence-corrected chi connectivity index (χ1v) is 3.93. The molecule has 0 fully saturated rings. The van der Waals surface area contributed by atoms with Crippen molar-refractivity contribution in [2.75, 3.05) is 0 Å². The number of primary amides is 1. The summed E-state index contributed by atoms with van der Waals surface area (Å²) in [6.07, 6.45) is 0. The number of nitrogens with zero attached hydrogens (tertiary/aromatic N) is 2. The Morgan fingerprint density at radius 1 is 1.53 bits per heavy atom. The second-order valence-electron chi connectivity index (χ2n) is 2.83. The zero-order valence-corrected chi connectivity index (χ0v) is 7.34. The minimum absolute atomic E-state index is 0.0279. The maximum Gasteiger partial charge on any atom is 0.273 e. The lowest BCUT2D eigenvalue weighted by Crippen LogP contribution is -2.11. The first-order chi connectivity index (χ1) is 7.09. The van der Waals surface area contributed by atoms with E-state index in [1.807, 2.05) is 0 Å². The fourth-order valence-corrected chi connectivity index (χ4v) is 1.22. The Morgan fingerprint density at radius 2 is 2.27 bits per heavy atom. The SMILES string of the molecule is NC(=O)c1noc2cc([N+](=O)[O-])ccc12. The highest BCUT2D eigenvalue weighted by Crippen LogP contribution is 2.23. The molecule has 1 amide bonds. The van der Waals surface area contributed by atoms with Crippen molar-refractivity contribution in [3.63, 3.8) is 0 Å². The van der Waals surface area contributed by atoms with Gasteiger partial charge in [0.05, 0.1) is 16.4 Å². The number of rotatable bonds is 2. The number of nitro groups is 1. The molecule has 0 aliphatic carbocycles. The highest BCUT2D eigenvalue weighted by atomic mass is 16.6. The highest BCUT2D eigenvalue weighted by molar-refractivity contribution is 6.03. The van der Waals surface area contributed by atoms with Crippen molar-refractivity contribution in [1.82, 2.24) is 5.16 Å². The van der Waals surface area contributed by atoms with E-state index in [9.17, 15) is 14.9 Å². The lowest BCUT2D eigenvalue weighted by atomic mass is 10.2. The normalized spacial score (nSPS) is 10.4. The molecule has 0 atom stereocenters.